The summed E-state index contributed by atoms with van der Waals surface area (Å²) in [6.07, 6.45) is 4.44. The summed E-state index contributed by atoms with van der Waals surface area (Å²) in [5.74, 6) is 1.96. The Hall–Kier alpha value is -0.0400. The van der Waals surface area contributed by atoms with Crippen LogP contribution in [-0.4, -0.2) is 10.7 Å². The maximum atomic E-state index is 10.4. The van der Waals surface area contributed by atoms with Gasteiger partial charge < -0.3 is 5.11 Å². The molecule has 0 heterocycles. The third-order valence-corrected chi connectivity index (χ3v) is 4.06. The lowest BCUT2D eigenvalue weighted by Gasteiger charge is -2.42. The molecule has 1 nitrogen and oxygen atoms in total. The predicted octanol–water partition coefficient (Wildman–Crippen LogP) is 3.22. The Morgan fingerprint density at radius 3 is 2.46 bits per heavy atom. The lowest BCUT2D eigenvalue weighted by molar-refractivity contribution is -0.0688. The molecule has 0 radical (unpaired) electrons. The maximum absolute atomic E-state index is 10.4. The Balaban J connectivity index is 2.63. The van der Waals surface area contributed by atoms with E-state index >= 15 is 0 Å². The Kier molecular flexibility index (Phi) is 3.39. The van der Waals surface area contributed by atoms with Gasteiger partial charge in [0.05, 0.1) is 5.60 Å². The molecule has 1 aliphatic rings. The number of hydrogen-bond acceptors (Lipinski definition) is 1. The molecule has 1 rings (SSSR count). The molecule has 0 saturated heterocycles. The van der Waals surface area contributed by atoms with E-state index < -0.39 is 0 Å². The summed E-state index contributed by atoms with van der Waals surface area (Å²) in [6, 6.07) is 0. The molecule has 0 bridgehead atoms. The topological polar surface area (TPSA) is 20.2 Å². The van der Waals surface area contributed by atoms with E-state index in [0.29, 0.717) is 5.92 Å². The monoisotopic (exact) mass is 184 g/mol. The SMILES string of the molecule is CC[C@@]1(O)C[C@H](C(C)C)CC[C@@H]1C. The quantitative estimate of drug-likeness (QED) is 0.698. The molecule has 78 valence electrons. The van der Waals surface area contributed by atoms with Gasteiger partial charge in [0.1, 0.15) is 0 Å². The molecule has 3 atom stereocenters. The fraction of sp³-hybridized carbons (Fsp3) is 1.00. The van der Waals surface area contributed by atoms with Crippen LogP contribution in [0, 0.1) is 17.8 Å². The van der Waals surface area contributed by atoms with E-state index in [-0.39, 0.29) is 5.60 Å². The first-order chi connectivity index (χ1) is 5.99. The van der Waals surface area contributed by atoms with Gasteiger partial charge in [-0.3, -0.25) is 0 Å². The summed E-state index contributed by atoms with van der Waals surface area (Å²) in [6.45, 7) is 8.85. The zero-order valence-electron chi connectivity index (χ0n) is 9.51. The molecule has 1 N–H and O–H groups in total. The minimum atomic E-state index is -0.368. The van der Waals surface area contributed by atoms with E-state index in [0.717, 1.165) is 24.7 Å². The number of rotatable bonds is 2. The van der Waals surface area contributed by atoms with Crippen LogP contribution >= 0.6 is 0 Å². The van der Waals surface area contributed by atoms with E-state index in [2.05, 4.69) is 27.7 Å². The van der Waals surface area contributed by atoms with Gasteiger partial charge in [-0.05, 0) is 43.4 Å². The van der Waals surface area contributed by atoms with Gasteiger partial charge in [-0.2, -0.15) is 0 Å². The van der Waals surface area contributed by atoms with E-state index in [1.54, 1.807) is 0 Å². The highest BCUT2D eigenvalue weighted by Crippen LogP contribution is 2.41. The second-order valence-electron chi connectivity index (χ2n) is 5.14. The average molecular weight is 184 g/mol. The van der Waals surface area contributed by atoms with Crippen molar-refractivity contribution >= 4 is 0 Å². The highest BCUT2D eigenvalue weighted by molar-refractivity contribution is 4.90. The Labute approximate surface area is 82.5 Å². The van der Waals surface area contributed by atoms with Crippen molar-refractivity contribution in [2.75, 3.05) is 0 Å². The van der Waals surface area contributed by atoms with Crippen LogP contribution in [-0.2, 0) is 0 Å². The van der Waals surface area contributed by atoms with Crippen LogP contribution in [0.25, 0.3) is 0 Å². The molecule has 1 aliphatic carbocycles. The summed E-state index contributed by atoms with van der Waals surface area (Å²) in [7, 11) is 0. The van der Waals surface area contributed by atoms with Crippen LogP contribution in [0.15, 0.2) is 0 Å². The lowest BCUT2D eigenvalue weighted by atomic mass is 9.67. The second-order valence-corrected chi connectivity index (χ2v) is 5.14. The minimum Gasteiger partial charge on any atom is -0.390 e. The summed E-state index contributed by atoms with van der Waals surface area (Å²) in [4.78, 5) is 0. The maximum Gasteiger partial charge on any atom is 0.0673 e. The second kappa shape index (κ2) is 4.00. The molecule has 1 saturated carbocycles. The zero-order valence-corrected chi connectivity index (χ0v) is 9.51. The van der Waals surface area contributed by atoms with Gasteiger partial charge in [0.25, 0.3) is 0 Å². The van der Waals surface area contributed by atoms with Crippen LogP contribution < -0.4 is 0 Å². The molecule has 0 amide bonds. The van der Waals surface area contributed by atoms with Crippen molar-refractivity contribution in [3.63, 3.8) is 0 Å². The van der Waals surface area contributed by atoms with Gasteiger partial charge in [0.2, 0.25) is 0 Å². The van der Waals surface area contributed by atoms with Crippen molar-refractivity contribution in [3.8, 4) is 0 Å². The van der Waals surface area contributed by atoms with Gasteiger partial charge in [-0.25, -0.2) is 0 Å². The van der Waals surface area contributed by atoms with E-state index in [9.17, 15) is 5.11 Å². The fourth-order valence-electron chi connectivity index (χ4n) is 2.55. The van der Waals surface area contributed by atoms with Crippen LogP contribution in [0.4, 0.5) is 0 Å². The highest BCUT2D eigenvalue weighted by Gasteiger charge is 2.39. The third-order valence-electron chi connectivity index (χ3n) is 4.06. The Bertz CT molecular complexity index is 165. The molecule has 1 heteroatoms. The minimum absolute atomic E-state index is 0.368. The normalized spacial score (nSPS) is 41.1. The van der Waals surface area contributed by atoms with Gasteiger partial charge in [-0.1, -0.05) is 27.7 Å². The zero-order chi connectivity index (χ0) is 10.1. The summed E-state index contributed by atoms with van der Waals surface area (Å²) < 4.78 is 0. The van der Waals surface area contributed by atoms with Crippen LogP contribution in [0.2, 0.25) is 0 Å². The Morgan fingerprint density at radius 2 is 2.00 bits per heavy atom. The first-order valence-electron chi connectivity index (χ1n) is 5.72. The fourth-order valence-corrected chi connectivity index (χ4v) is 2.55. The first kappa shape index (κ1) is 11.0. The van der Waals surface area contributed by atoms with Gasteiger partial charge in [0.15, 0.2) is 0 Å². The number of aliphatic hydroxyl groups is 1. The summed E-state index contributed by atoms with van der Waals surface area (Å²) in [5, 5.41) is 10.4. The largest absolute Gasteiger partial charge is 0.390 e. The van der Waals surface area contributed by atoms with Gasteiger partial charge >= 0.3 is 0 Å². The molecule has 0 aromatic carbocycles. The smallest absolute Gasteiger partial charge is 0.0673 e. The average Bonchev–Trinajstić information content (AvgIpc) is 2.09. The lowest BCUT2D eigenvalue weighted by Crippen LogP contribution is -2.42. The Morgan fingerprint density at radius 1 is 1.38 bits per heavy atom. The van der Waals surface area contributed by atoms with Crippen LogP contribution in [0.1, 0.15) is 53.4 Å². The predicted molar refractivity (Wildman–Crippen MR) is 56.6 cm³/mol. The molecular weight excluding hydrogens is 160 g/mol. The van der Waals surface area contributed by atoms with Crippen molar-refractivity contribution < 1.29 is 5.11 Å². The molecule has 0 aliphatic heterocycles. The van der Waals surface area contributed by atoms with Crippen LogP contribution in [0.3, 0.4) is 0 Å². The van der Waals surface area contributed by atoms with E-state index in [1.807, 2.05) is 0 Å². The van der Waals surface area contributed by atoms with E-state index in [4.69, 9.17) is 0 Å². The number of hydrogen-bond donors (Lipinski definition) is 1. The molecule has 0 aromatic heterocycles. The van der Waals surface area contributed by atoms with Crippen LogP contribution in [0.5, 0.6) is 0 Å². The molecule has 0 unspecified atom stereocenters. The van der Waals surface area contributed by atoms with Crippen molar-refractivity contribution in [3.05, 3.63) is 0 Å². The molecular formula is C12H24O. The van der Waals surface area contributed by atoms with Gasteiger partial charge in [0, 0.05) is 0 Å². The molecule has 1 fully saturated rings. The standard InChI is InChI=1S/C12H24O/c1-5-12(13)8-11(9(2)3)7-6-10(12)4/h9-11,13H,5-8H2,1-4H3/t10-,11+,12+/m0/s1. The highest BCUT2D eigenvalue weighted by atomic mass is 16.3. The molecule has 13 heavy (non-hydrogen) atoms. The third kappa shape index (κ3) is 2.25. The molecule has 0 spiro atoms. The van der Waals surface area contributed by atoms with Crippen molar-refractivity contribution in [1.29, 1.82) is 0 Å². The van der Waals surface area contributed by atoms with E-state index in [1.165, 1.54) is 12.8 Å². The molecule has 0 aromatic rings. The van der Waals surface area contributed by atoms with Crippen molar-refractivity contribution in [2.24, 2.45) is 17.8 Å². The first-order valence-corrected chi connectivity index (χ1v) is 5.72. The van der Waals surface area contributed by atoms with Crippen molar-refractivity contribution in [1.82, 2.24) is 0 Å². The van der Waals surface area contributed by atoms with Gasteiger partial charge in [-0.15, -0.1) is 0 Å². The summed E-state index contributed by atoms with van der Waals surface area (Å²) in [5.41, 5.74) is -0.368. The van der Waals surface area contributed by atoms with Crippen molar-refractivity contribution in [2.45, 2.75) is 59.0 Å². The summed E-state index contributed by atoms with van der Waals surface area (Å²) >= 11 is 0.